The van der Waals surface area contributed by atoms with Gasteiger partial charge in [-0.2, -0.15) is 0 Å². The molecule has 0 aromatic carbocycles. The summed E-state index contributed by atoms with van der Waals surface area (Å²) in [6.07, 6.45) is 5.54. The molecule has 0 atom stereocenters. The average Bonchev–Trinajstić information content (AvgIpc) is 2.44. The molecule has 0 aliphatic heterocycles. The summed E-state index contributed by atoms with van der Waals surface area (Å²) >= 11 is 3.43. The minimum absolute atomic E-state index is 0.715. The second kappa shape index (κ2) is 6.79. The third-order valence-corrected chi connectivity index (χ3v) is 3.51. The van der Waals surface area contributed by atoms with E-state index in [1.165, 1.54) is 5.56 Å². The fraction of sp³-hybridized carbons (Fsp3) is 0.400. The van der Waals surface area contributed by atoms with Crippen LogP contribution in [0.25, 0.3) is 11.4 Å². The number of hydrogen-bond donors (Lipinski definition) is 1. The topological polar surface area (TPSA) is 50.7 Å². The first-order chi connectivity index (χ1) is 9.65. The van der Waals surface area contributed by atoms with E-state index >= 15 is 0 Å². The van der Waals surface area contributed by atoms with E-state index in [1.54, 1.807) is 12.4 Å². The number of anilines is 1. The number of aryl methyl sites for hydroxylation is 1. The molecule has 2 aromatic rings. The highest BCUT2D eigenvalue weighted by Crippen LogP contribution is 2.24. The van der Waals surface area contributed by atoms with E-state index in [9.17, 15) is 0 Å². The summed E-state index contributed by atoms with van der Waals surface area (Å²) in [6, 6.07) is 1.98. The summed E-state index contributed by atoms with van der Waals surface area (Å²) in [4.78, 5) is 13.5. The Morgan fingerprint density at radius 3 is 2.65 bits per heavy atom. The van der Waals surface area contributed by atoms with Gasteiger partial charge in [0, 0.05) is 40.2 Å². The quantitative estimate of drug-likeness (QED) is 0.897. The van der Waals surface area contributed by atoms with E-state index in [4.69, 9.17) is 0 Å². The highest BCUT2D eigenvalue weighted by Gasteiger charge is 2.11. The second-order valence-corrected chi connectivity index (χ2v) is 5.55. The molecule has 4 nitrogen and oxygen atoms in total. The predicted octanol–water partition coefficient (Wildman–Crippen LogP) is 3.99. The van der Waals surface area contributed by atoms with Gasteiger partial charge in [0.2, 0.25) is 0 Å². The van der Waals surface area contributed by atoms with Crippen molar-refractivity contribution in [2.75, 3.05) is 11.9 Å². The Morgan fingerprint density at radius 1 is 1.20 bits per heavy atom. The molecule has 1 N–H and O–H groups in total. The number of nitrogens with one attached hydrogen (secondary N) is 1. The van der Waals surface area contributed by atoms with Crippen LogP contribution in [0.2, 0.25) is 0 Å². The lowest BCUT2D eigenvalue weighted by molar-refractivity contribution is 0.938. The first-order valence-electron chi connectivity index (χ1n) is 6.88. The maximum Gasteiger partial charge on any atom is 0.163 e. The van der Waals surface area contributed by atoms with Crippen LogP contribution in [0.3, 0.4) is 0 Å². The third kappa shape index (κ3) is 3.33. The van der Waals surface area contributed by atoms with Crippen molar-refractivity contribution in [1.82, 2.24) is 15.0 Å². The standard InChI is InChI=1S/C15H19BrN4/c1-4-6-18-15-13(5-2)10(3)19-14(20-15)11-7-12(16)9-17-8-11/h7-9H,4-6H2,1-3H3,(H,18,19,20). The summed E-state index contributed by atoms with van der Waals surface area (Å²) in [5.74, 6) is 1.66. The minimum Gasteiger partial charge on any atom is -0.370 e. The lowest BCUT2D eigenvalue weighted by Crippen LogP contribution is -2.09. The normalized spacial score (nSPS) is 10.6. The molecule has 0 amide bonds. The number of nitrogens with zero attached hydrogens (tertiary/aromatic N) is 3. The highest BCUT2D eigenvalue weighted by molar-refractivity contribution is 9.10. The van der Waals surface area contributed by atoms with Gasteiger partial charge in [0.05, 0.1) is 0 Å². The smallest absolute Gasteiger partial charge is 0.163 e. The van der Waals surface area contributed by atoms with Crippen molar-refractivity contribution in [1.29, 1.82) is 0 Å². The average molecular weight is 335 g/mol. The molecule has 2 aromatic heterocycles. The van der Waals surface area contributed by atoms with Crippen LogP contribution in [-0.2, 0) is 6.42 Å². The molecule has 0 aliphatic rings. The van der Waals surface area contributed by atoms with Gasteiger partial charge in [0.25, 0.3) is 0 Å². The summed E-state index contributed by atoms with van der Waals surface area (Å²) in [5, 5.41) is 3.40. The van der Waals surface area contributed by atoms with Crippen molar-refractivity contribution >= 4 is 21.7 Å². The Kier molecular flexibility index (Phi) is 5.06. The van der Waals surface area contributed by atoms with Crippen LogP contribution in [0.5, 0.6) is 0 Å². The number of pyridine rings is 1. The molecule has 20 heavy (non-hydrogen) atoms. The Labute approximate surface area is 128 Å². The molecular formula is C15H19BrN4. The van der Waals surface area contributed by atoms with Gasteiger partial charge >= 0.3 is 0 Å². The molecule has 0 aliphatic carbocycles. The summed E-state index contributed by atoms with van der Waals surface area (Å²) < 4.78 is 0.930. The number of rotatable bonds is 5. The van der Waals surface area contributed by atoms with Gasteiger partial charge in [-0.25, -0.2) is 9.97 Å². The molecule has 0 spiro atoms. The molecule has 0 fully saturated rings. The van der Waals surface area contributed by atoms with Gasteiger partial charge < -0.3 is 5.32 Å². The lowest BCUT2D eigenvalue weighted by Gasteiger charge is -2.13. The van der Waals surface area contributed by atoms with Gasteiger partial charge in [-0.3, -0.25) is 4.98 Å². The Hall–Kier alpha value is -1.49. The molecule has 0 bridgehead atoms. The second-order valence-electron chi connectivity index (χ2n) is 4.63. The van der Waals surface area contributed by atoms with Gasteiger partial charge in [0.15, 0.2) is 5.82 Å². The molecular weight excluding hydrogens is 316 g/mol. The SMILES string of the molecule is CCCNc1nc(-c2cncc(Br)c2)nc(C)c1CC. The maximum atomic E-state index is 4.67. The first kappa shape index (κ1) is 14.9. The van der Waals surface area contributed by atoms with Gasteiger partial charge in [0.1, 0.15) is 5.82 Å². The van der Waals surface area contributed by atoms with Crippen LogP contribution in [0, 0.1) is 6.92 Å². The molecule has 106 valence electrons. The minimum atomic E-state index is 0.715. The predicted molar refractivity (Wildman–Crippen MR) is 85.9 cm³/mol. The van der Waals surface area contributed by atoms with E-state index in [-0.39, 0.29) is 0 Å². The maximum absolute atomic E-state index is 4.67. The van der Waals surface area contributed by atoms with Crippen molar-refractivity contribution < 1.29 is 0 Å². The molecule has 5 heteroatoms. The molecule has 0 saturated heterocycles. The Morgan fingerprint density at radius 2 is 2.00 bits per heavy atom. The third-order valence-electron chi connectivity index (χ3n) is 3.07. The van der Waals surface area contributed by atoms with Crippen molar-refractivity contribution in [2.24, 2.45) is 0 Å². The zero-order valence-corrected chi connectivity index (χ0v) is 13.7. The Balaban J connectivity index is 2.47. The molecule has 2 rings (SSSR count). The molecule has 2 heterocycles. The Bertz CT molecular complexity index is 598. The van der Waals surface area contributed by atoms with E-state index in [2.05, 4.69) is 50.0 Å². The fourth-order valence-electron chi connectivity index (χ4n) is 2.07. The zero-order valence-electron chi connectivity index (χ0n) is 12.1. The molecule has 0 unspecified atom stereocenters. The molecule has 0 saturated carbocycles. The van der Waals surface area contributed by atoms with E-state index in [1.807, 2.05) is 13.0 Å². The van der Waals surface area contributed by atoms with Gasteiger partial charge in [-0.05, 0) is 41.8 Å². The monoisotopic (exact) mass is 334 g/mol. The molecule has 0 radical (unpaired) electrons. The summed E-state index contributed by atoms with van der Waals surface area (Å²) in [7, 11) is 0. The van der Waals surface area contributed by atoms with Crippen LogP contribution >= 0.6 is 15.9 Å². The van der Waals surface area contributed by atoms with E-state index in [0.29, 0.717) is 5.82 Å². The highest BCUT2D eigenvalue weighted by atomic mass is 79.9. The zero-order chi connectivity index (χ0) is 14.5. The largest absolute Gasteiger partial charge is 0.370 e. The van der Waals surface area contributed by atoms with Gasteiger partial charge in [-0.15, -0.1) is 0 Å². The fourth-order valence-corrected chi connectivity index (χ4v) is 2.44. The van der Waals surface area contributed by atoms with E-state index < -0.39 is 0 Å². The summed E-state index contributed by atoms with van der Waals surface area (Å²) in [5.41, 5.74) is 3.13. The van der Waals surface area contributed by atoms with Gasteiger partial charge in [-0.1, -0.05) is 13.8 Å². The van der Waals surface area contributed by atoms with Crippen molar-refractivity contribution in [2.45, 2.75) is 33.6 Å². The van der Waals surface area contributed by atoms with Crippen LogP contribution in [0.15, 0.2) is 22.9 Å². The summed E-state index contributed by atoms with van der Waals surface area (Å²) in [6.45, 7) is 7.22. The van der Waals surface area contributed by atoms with Crippen molar-refractivity contribution in [3.8, 4) is 11.4 Å². The lowest BCUT2D eigenvalue weighted by atomic mass is 10.1. The van der Waals surface area contributed by atoms with Crippen LogP contribution < -0.4 is 5.32 Å². The van der Waals surface area contributed by atoms with Crippen LogP contribution in [0.4, 0.5) is 5.82 Å². The first-order valence-corrected chi connectivity index (χ1v) is 7.67. The van der Waals surface area contributed by atoms with Crippen molar-refractivity contribution in [3.05, 3.63) is 34.2 Å². The van der Waals surface area contributed by atoms with E-state index in [0.717, 1.165) is 40.9 Å². The number of aromatic nitrogens is 3. The van der Waals surface area contributed by atoms with Crippen molar-refractivity contribution in [3.63, 3.8) is 0 Å². The van der Waals surface area contributed by atoms with Crippen LogP contribution in [-0.4, -0.2) is 21.5 Å². The number of halogens is 1. The van der Waals surface area contributed by atoms with Crippen LogP contribution in [0.1, 0.15) is 31.5 Å². The number of hydrogen-bond acceptors (Lipinski definition) is 4.